The van der Waals surface area contributed by atoms with Gasteiger partial charge in [0.2, 0.25) is 5.43 Å². The Balaban J connectivity index is 2.79. The summed E-state index contributed by atoms with van der Waals surface area (Å²) in [7, 11) is 0. The van der Waals surface area contributed by atoms with Crippen LogP contribution in [0.25, 0.3) is 11.1 Å². The second-order valence-electron chi connectivity index (χ2n) is 4.65. The third-order valence-electron chi connectivity index (χ3n) is 3.44. The van der Waals surface area contributed by atoms with Crippen LogP contribution in [-0.2, 0) is 13.0 Å². The fraction of sp³-hybridized carbons (Fsp3) is 0.250. The molecule has 1 aromatic carbocycles. The topological polar surface area (TPSA) is 59.3 Å². The molecule has 0 amide bonds. The van der Waals surface area contributed by atoms with E-state index in [9.17, 15) is 14.7 Å². The summed E-state index contributed by atoms with van der Waals surface area (Å²) in [5.41, 5.74) is 0.991. The number of benzene rings is 1. The van der Waals surface area contributed by atoms with Crippen molar-refractivity contribution in [1.82, 2.24) is 4.57 Å². The maximum absolute atomic E-state index is 12.5. The second kappa shape index (κ2) is 6.14. The Hall–Kier alpha value is -2.07. The molecule has 4 nitrogen and oxygen atoms in total. The van der Waals surface area contributed by atoms with E-state index in [1.807, 2.05) is 18.4 Å². The number of aromatic carboxylic acids is 1. The molecular formula is C16H16ClNO3. The number of halogens is 1. The smallest absolute Gasteiger partial charge is 0.341 e. The average Bonchev–Trinajstić information content (AvgIpc) is 2.47. The number of hydrogen-bond donors (Lipinski definition) is 1. The minimum atomic E-state index is -1.19. The predicted molar refractivity (Wildman–Crippen MR) is 83.2 cm³/mol. The van der Waals surface area contributed by atoms with Gasteiger partial charge >= 0.3 is 5.97 Å². The molecule has 0 aliphatic carbocycles. The molecule has 0 aliphatic rings. The number of carboxylic acids is 1. The van der Waals surface area contributed by atoms with Gasteiger partial charge in [0.15, 0.2) is 0 Å². The van der Waals surface area contributed by atoms with Gasteiger partial charge < -0.3 is 9.67 Å². The number of pyridine rings is 1. The molecule has 0 aliphatic heterocycles. The summed E-state index contributed by atoms with van der Waals surface area (Å²) in [5.74, 6) is -1.19. The van der Waals surface area contributed by atoms with Crippen molar-refractivity contribution in [3.05, 3.63) is 57.0 Å². The lowest BCUT2D eigenvalue weighted by Gasteiger charge is -2.15. The van der Waals surface area contributed by atoms with Gasteiger partial charge in [0.25, 0.3) is 0 Å². The maximum Gasteiger partial charge on any atom is 0.341 e. The first-order valence-electron chi connectivity index (χ1n) is 6.75. The second-order valence-corrected chi connectivity index (χ2v) is 5.08. The van der Waals surface area contributed by atoms with Crippen LogP contribution in [0.3, 0.4) is 0 Å². The largest absolute Gasteiger partial charge is 0.477 e. The lowest BCUT2D eigenvalue weighted by Crippen LogP contribution is -2.24. The van der Waals surface area contributed by atoms with Gasteiger partial charge in [-0.3, -0.25) is 4.79 Å². The van der Waals surface area contributed by atoms with E-state index < -0.39 is 11.4 Å². The zero-order chi connectivity index (χ0) is 15.6. The van der Waals surface area contributed by atoms with E-state index in [0.29, 0.717) is 34.8 Å². The zero-order valence-corrected chi connectivity index (χ0v) is 12.6. The summed E-state index contributed by atoms with van der Waals surface area (Å²) in [4.78, 5) is 24.0. The van der Waals surface area contributed by atoms with Gasteiger partial charge in [-0.15, -0.1) is 0 Å². The summed E-state index contributed by atoms with van der Waals surface area (Å²) in [6.45, 7) is 4.36. The van der Waals surface area contributed by atoms with Crippen molar-refractivity contribution in [2.45, 2.75) is 26.8 Å². The Bertz CT molecular complexity index is 732. The highest BCUT2D eigenvalue weighted by molar-refractivity contribution is 6.30. The molecule has 0 fully saturated rings. The lowest BCUT2D eigenvalue weighted by molar-refractivity contribution is 0.0693. The van der Waals surface area contributed by atoms with Crippen LogP contribution in [0.4, 0.5) is 0 Å². The molecule has 2 rings (SSSR count). The highest BCUT2D eigenvalue weighted by Gasteiger charge is 2.20. The number of aryl methyl sites for hydroxylation is 1. The van der Waals surface area contributed by atoms with E-state index in [0.717, 1.165) is 0 Å². The molecule has 5 heteroatoms. The van der Waals surface area contributed by atoms with Crippen molar-refractivity contribution in [3.63, 3.8) is 0 Å². The first-order valence-corrected chi connectivity index (χ1v) is 7.12. The fourth-order valence-corrected chi connectivity index (χ4v) is 2.55. The zero-order valence-electron chi connectivity index (χ0n) is 11.9. The Morgan fingerprint density at radius 3 is 2.33 bits per heavy atom. The highest BCUT2D eigenvalue weighted by Crippen LogP contribution is 2.21. The number of rotatable bonds is 4. The molecule has 0 atom stereocenters. The molecule has 0 saturated heterocycles. The third-order valence-corrected chi connectivity index (χ3v) is 3.69. The van der Waals surface area contributed by atoms with Gasteiger partial charge in [-0.05, 0) is 31.0 Å². The molecule has 21 heavy (non-hydrogen) atoms. The number of aromatic nitrogens is 1. The molecule has 1 aromatic heterocycles. The van der Waals surface area contributed by atoms with Crippen LogP contribution >= 0.6 is 11.6 Å². The van der Waals surface area contributed by atoms with E-state index in [4.69, 9.17) is 11.6 Å². The van der Waals surface area contributed by atoms with Crippen molar-refractivity contribution in [2.24, 2.45) is 0 Å². The van der Waals surface area contributed by atoms with Crippen molar-refractivity contribution < 1.29 is 9.90 Å². The Morgan fingerprint density at radius 2 is 1.86 bits per heavy atom. The summed E-state index contributed by atoms with van der Waals surface area (Å²) < 4.78 is 1.81. The fourth-order valence-electron chi connectivity index (χ4n) is 2.42. The molecule has 1 heterocycles. The van der Waals surface area contributed by atoms with Crippen molar-refractivity contribution in [2.75, 3.05) is 0 Å². The molecule has 0 radical (unpaired) electrons. The van der Waals surface area contributed by atoms with Crippen LogP contribution in [0.15, 0.2) is 35.3 Å². The average molecular weight is 306 g/mol. The molecule has 2 aromatic rings. The van der Waals surface area contributed by atoms with Gasteiger partial charge in [-0.2, -0.15) is 0 Å². The van der Waals surface area contributed by atoms with Crippen molar-refractivity contribution in [1.29, 1.82) is 0 Å². The number of carbonyl (C=O) groups is 1. The molecule has 0 saturated carbocycles. The van der Waals surface area contributed by atoms with Gasteiger partial charge in [0, 0.05) is 29.0 Å². The van der Waals surface area contributed by atoms with E-state index >= 15 is 0 Å². The van der Waals surface area contributed by atoms with Crippen molar-refractivity contribution in [3.8, 4) is 11.1 Å². The van der Waals surface area contributed by atoms with Crippen LogP contribution in [0.5, 0.6) is 0 Å². The Kier molecular flexibility index (Phi) is 4.48. The van der Waals surface area contributed by atoms with Gasteiger partial charge in [-0.25, -0.2) is 4.79 Å². The summed E-state index contributed by atoms with van der Waals surface area (Å²) in [6.07, 6.45) is 2.21. The number of carboxylic acid groups (broad SMARTS) is 1. The van der Waals surface area contributed by atoms with Gasteiger partial charge in [0.05, 0.1) is 0 Å². The summed E-state index contributed by atoms with van der Waals surface area (Å²) >= 11 is 5.85. The van der Waals surface area contributed by atoms with Crippen molar-refractivity contribution >= 4 is 17.6 Å². The monoisotopic (exact) mass is 305 g/mol. The third kappa shape index (κ3) is 2.85. The molecule has 1 N–H and O–H groups in total. The molecule has 0 unspecified atom stereocenters. The molecule has 0 spiro atoms. The van der Waals surface area contributed by atoms with Crippen LogP contribution < -0.4 is 5.43 Å². The van der Waals surface area contributed by atoms with Gasteiger partial charge in [0.1, 0.15) is 5.56 Å². The first-order chi connectivity index (χ1) is 9.99. The Morgan fingerprint density at radius 1 is 1.24 bits per heavy atom. The molecule has 0 bridgehead atoms. The van der Waals surface area contributed by atoms with E-state index in [1.165, 1.54) is 0 Å². The molecular weight excluding hydrogens is 290 g/mol. The normalized spacial score (nSPS) is 10.6. The minimum Gasteiger partial charge on any atom is -0.477 e. The summed E-state index contributed by atoms with van der Waals surface area (Å²) in [6, 6.07) is 6.80. The first kappa shape index (κ1) is 15.3. The van der Waals surface area contributed by atoms with Crippen LogP contribution in [0, 0.1) is 0 Å². The lowest BCUT2D eigenvalue weighted by atomic mass is 10.0. The highest BCUT2D eigenvalue weighted by atomic mass is 35.5. The summed E-state index contributed by atoms with van der Waals surface area (Å²) in [5, 5.41) is 9.95. The number of hydrogen-bond acceptors (Lipinski definition) is 2. The SMILES string of the molecule is CCc1c(C(=O)O)c(=O)c(-c2ccc(Cl)cc2)cn1CC. The Labute approximate surface area is 127 Å². The number of nitrogens with zero attached hydrogens (tertiary/aromatic N) is 1. The quantitative estimate of drug-likeness (QED) is 0.941. The molecule has 110 valence electrons. The minimum absolute atomic E-state index is 0.146. The standard InChI is InChI=1S/C16H16ClNO3/c1-3-13-14(16(20)21)15(19)12(9-18(13)4-2)10-5-7-11(17)8-6-10/h5-9H,3-4H2,1-2H3,(H,20,21). The van der Waals surface area contributed by atoms with E-state index in [1.54, 1.807) is 30.5 Å². The van der Waals surface area contributed by atoms with Gasteiger partial charge in [-0.1, -0.05) is 30.7 Å². The van der Waals surface area contributed by atoms with Crippen LogP contribution in [0.2, 0.25) is 5.02 Å². The van der Waals surface area contributed by atoms with Crippen LogP contribution in [-0.4, -0.2) is 15.6 Å². The van der Waals surface area contributed by atoms with Crippen LogP contribution in [0.1, 0.15) is 29.9 Å². The van der Waals surface area contributed by atoms with E-state index in [-0.39, 0.29) is 5.56 Å². The maximum atomic E-state index is 12.5. The van der Waals surface area contributed by atoms with E-state index in [2.05, 4.69) is 0 Å². The predicted octanol–water partition coefficient (Wildman–Crippen LogP) is 3.45.